The van der Waals surface area contributed by atoms with E-state index in [1.807, 2.05) is 86.8 Å². The second-order valence-electron chi connectivity index (χ2n) is 12.8. The van der Waals surface area contributed by atoms with E-state index in [0.717, 1.165) is 58.9 Å². The summed E-state index contributed by atoms with van der Waals surface area (Å²) in [5.41, 5.74) is 11.5. The van der Waals surface area contributed by atoms with Crippen molar-refractivity contribution in [3.05, 3.63) is 101 Å². The number of aliphatic imine (C=N–C) groups is 1. The number of nitrogens with one attached hydrogen (secondary N) is 2. The Hall–Kier alpha value is -4.66. The Bertz CT molecular complexity index is 1680. The van der Waals surface area contributed by atoms with Crippen LogP contribution in [0, 0.1) is 12.3 Å². The van der Waals surface area contributed by atoms with Gasteiger partial charge >= 0.3 is 6.03 Å². The lowest BCUT2D eigenvalue weighted by molar-refractivity contribution is 0.193. The number of nitrogens with two attached hydrogens (primary N) is 1. The maximum absolute atomic E-state index is 13.5. The second kappa shape index (κ2) is 12.9. The van der Waals surface area contributed by atoms with Gasteiger partial charge in [-0.15, -0.1) is 10.2 Å². The van der Waals surface area contributed by atoms with Gasteiger partial charge in [0, 0.05) is 23.1 Å². The molecule has 9 heteroatoms. The van der Waals surface area contributed by atoms with Gasteiger partial charge in [0.15, 0.2) is 5.65 Å². The third kappa shape index (κ3) is 7.27. The van der Waals surface area contributed by atoms with Crippen molar-refractivity contribution in [1.29, 1.82) is 0 Å². The minimum Gasteiger partial charge on any atom is -0.484 e. The Morgan fingerprint density at radius 1 is 1.05 bits per heavy atom. The summed E-state index contributed by atoms with van der Waals surface area (Å²) in [4.78, 5) is 18.2. The highest BCUT2D eigenvalue weighted by Gasteiger charge is 2.27. The summed E-state index contributed by atoms with van der Waals surface area (Å²) in [5.74, 6) is 2.27. The molecular formula is C35H43N7O2. The van der Waals surface area contributed by atoms with Crippen LogP contribution in [0.25, 0.3) is 5.65 Å². The highest BCUT2D eigenvalue weighted by atomic mass is 16.5. The normalized spacial score (nSPS) is 17.7. The number of fused-ring (bicyclic) bond motifs is 2. The number of amides is 2. The number of aromatic nitrogens is 3. The van der Waals surface area contributed by atoms with Crippen molar-refractivity contribution >= 4 is 23.2 Å². The number of urea groups is 1. The van der Waals surface area contributed by atoms with Gasteiger partial charge in [-0.1, -0.05) is 76.6 Å². The smallest absolute Gasteiger partial charge is 0.320 e. The molecule has 9 nitrogen and oxygen atoms in total. The third-order valence-corrected chi connectivity index (χ3v) is 7.86. The van der Waals surface area contributed by atoms with Crippen molar-refractivity contribution in [3.63, 3.8) is 0 Å². The van der Waals surface area contributed by atoms with Crippen molar-refractivity contribution < 1.29 is 9.53 Å². The van der Waals surface area contributed by atoms with E-state index in [0.29, 0.717) is 11.5 Å². The average molecular weight is 594 g/mol. The number of nitrogens with zero attached hydrogens (tertiary/aromatic N) is 4. The van der Waals surface area contributed by atoms with E-state index in [9.17, 15) is 4.79 Å². The Labute approximate surface area is 259 Å². The fourth-order valence-corrected chi connectivity index (χ4v) is 5.26. The first kappa shape index (κ1) is 30.8. The van der Waals surface area contributed by atoms with Crippen LogP contribution in [0.2, 0.25) is 0 Å². The first-order valence-corrected chi connectivity index (χ1v) is 15.3. The molecule has 2 amide bonds. The van der Waals surface area contributed by atoms with Crippen LogP contribution in [0.4, 0.5) is 10.5 Å². The predicted octanol–water partition coefficient (Wildman–Crippen LogP) is 7.42. The molecule has 230 valence electrons. The van der Waals surface area contributed by atoms with Gasteiger partial charge in [0.05, 0.1) is 17.9 Å². The molecule has 0 fully saturated rings. The number of carbonyl (C=O) groups is 1. The number of hydrogen-bond donors (Lipinski definition) is 3. The van der Waals surface area contributed by atoms with E-state index in [2.05, 4.69) is 46.8 Å². The fraction of sp³-hybridized carbons (Fsp3) is 0.371. The lowest BCUT2D eigenvalue weighted by atomic mass is 9.92. The zero-order chi connectivity index (χ0) is 31.4. The maximum Gasteiger partial charge on any atom is 0.320 e. The lowest BCUT2D eigenvalue weighted by Gasteiger charge is -2.23. The monoisotopic (exact) mass is 593 g/mol. The number of ether oxygens (including phenoxy) is 1. The van der Waals surface area contributed by atoms with E-state index in [1.165, 1.54) is 0 Å². The van der Waals surface area contributed by atoms with Gasteiger partial charge in [-0.2, -0.15) is 0 Å². The van der Waals surface area contributed by atoms with Crippen LogP contribution in [0.15, 0.2) is 83.6 Å². The summed E-state index contributed by atoms with van der Waals surface area (Å²) in [7, 11) is 0. The Balaban J connectivity index is 1.36. The molecule has 4 N–H and O–H groups in total. The number of benzene rings is 2. The topological polar surface area (TPSA) is 119 Å². The summed E-state index contributed by atoms with van der Waals surface area (Å²) in [6.45, 7) is 12.3. The average Bonchev–Trinajstić information content (AvgIpc) is 3.33. The van der Waals surface area contributed by atoms with Crippen molar-refractivity contribution in [3.8, 4) is 5.75 Å². The van der Waals surface area contributed by atoms with E-state index in [-0.39, 0.29) is 29.5 Å². The number of rotatable bonds is 6. The zero-order valence-electron chi connectivity index (χ0n) is 26.5. The van der Waals surface area contributed by atoms with E-state index < -0.39 is 0 Å². The van der Waals surface area contributed by atoms with Crippen molar-refractivity contribution in [2.24, 2.45) is 16.1 Å². The summed E-state index contributed by atoms with van der Waals surface area (Å²) in [6, 6.07) is 19.3. The van der Waals surface area contributed by atoms with Crippen molar-refractivity contribution in [2.45, 2.75) is 78.9 Å². The van der Waals surface area contributed by atoms with Crippen molar-refractivity contribution in [1.82, 2.24) is 25.2 Å². The summed E-state index contributed by atoms with van der Waals surface area (Å²) >= 11 is 0. The number of allylic oxidation sites excluding steroid dienone is 1. The van der Waals surface area contributed by atoms with Crippen LogP contribution in [-0.2, 0) is 0 Å². The number of carbonyl (C=O) groups excluding carboxylic acids is 1. The first-order chi connectivity index (χ1) is 21.0. The SMILES string of the molecule is Cc1ccc(N=C(C=C(N)C(C)(C)C)NC(=O)N[C@H]2CCC[C@H](Oc3ccc4nnc(C(C)C)n4c3)c3ccccc32)cc1. The first-order valence-electron chi connectivity index (χ1n) is 15.3. The molecule has 1 aliphatic carbocycles. The molecule has 0 saturated carbocycles. The lowest BCUT2D eigenvalue weighted by Crippen LogP contribution is -2.41. The number of hydrogen-bond acceptors (Lipinski definition) is 6. The molecule has 0 aliphatic heterocycles. The summed E-state index contributed by atoms with van der Waals surface area (Å²) < 4.78 is 8.59. The van der Waals surface area contributed by atoms with E-state index >= 15 is 0 Å². The van der Waals surface area contributed by atoms with E-state index in [4.69, 9.17) is 15.5 Å². The largest absolute Gasteiger partial charge is 0.484 e. The second-order valence-corrected chi connectivity index (χ2v) is 12.8. The molecule has 2 aromatic heterocycles. The Morgan fingerprint density at radius 2 is 1.77 bits per heavy atom. The molecule has 2 atom stereocenters. The van der Waals surface area contributed by atoms with Crippen LogP contribution in [-0.4, -0.2) is 26.5 Å². The maximum atomic E-state index is 13.5. The molecule has 4 aromatic rings. The highest BCUT2D eigenvalue weighted by Crippen LogP contribution is 2.37. The molecule has 1 aliphatic rings. The highest BCUT2D eigenvalue weighted by molar-refractivity contribution is 6.05. The van der Waals surface area contributed by atoms with E-state index in [1.54, 1.807) is 6.08 Å². The minimum absolute atomic E-state index is 0.161. The van der Waals surface area contributed by atoms with Gasteiger partial charge in [-0.25, -0.2) is 9.79 Å². The molecule has 0 bridgehead atoms. The van der Waals surface area contributed by atoms with Crippen LogP contribution >= 0.6 is 0 Å². The quantitative estimate of drug-likeness (QED) is 0.122. The van der Waals surface area contributed by atoms with Gasteiger partial charge < -0.3 is 15.8 Å². The van der Waals surface area contributed by atoms with Crippen molar-refractivity contribution in [2.75, 3.05) is 0 Å². The van der Waals surface area contributed by atoms with Crippen LogP contribution in [0.1, 0.15) is 94.5 Å². The molecule has 5 rings (SSSR count). The molecule has 0 radical (unpaired) electrons. The van der Waals surface area contributed by atoms with Gasteiger partial charge in [0.25, 0.3) is 0 Å². The van der Waals surface area contributed by atoms with Crippen LogP contribution in [0.5, 0.6) is 5.75 Å². The molecule has 44 heavy (non-hydrogen) atoms. The summed E-state index contributed by atoms with van der Waals surface area (Å²) in [6.07, 6.45) is 6.01. The fourth-order valence-electron chi connectivity index (χ4n) is 5.26. The number of pyridine rings is 1. The van der Waals surface area contributed by atoms with Gasteiger partial charge in [-0.3, -0.25) is 9.72 Å². The molecular weight excluding hydrogens is 550 g/mol. The Kier molecular flexibility index (Phi) is 9.04. The van der Waals surface area contributed by atoms with Gasteiger partial charge in [0.1, 0.15) is 23.5 Å². The Morgan fingerprint density at radius 3 is 2.48 bits per heavy atom. The molecule has 2 heterocycles. The molecule has 0 saturated heterocycles. The standard InChI is InChI=1S/C35H43N7O2/c1-22(2)33-41-40-32-19-18-25(21-42(32)33)44-29-13-9-12-28(26-10-7-8-11-27(26)29)38-34(43)39-31(20-30(36)35(4,5)6)37-24-16-14-23(3)15-17-24/h7-8,10-11,14-22,28-29H,9,12-13,36H2,1-6H3,(H2,37,38,39,43)/t28-,29-/m0/s1. The summed E-state index contributed by atoms with van der Waals surface area (Å²) in [5, 5.41) is 14.8. The molecule has 0 spiro atoms. The minimum atomic E-state index is -0.340. The number of amidine groups is 1. The predicted molar refractivity (Wildman–Crippen MR) is 175 cm³/mol. The van der Waals surface area contributed by atoms with Crippen LogP contribution < -0.4 is 21.1 Å². The number of aryl methyl sites for hydroxylation is 1. The molecule has 2 aromatic carbocycles. The third-order valence-electron chi connectivity index (χ3n) is 7.86. The van der Waals surface area contributed by atoms with Gasteiger partial charge in [-0.05, 0) is 61.6 Å². The zero-order valence-corrected chi connectivity index (χ0v) is 26.5. The van der Waals surface area contributed by atoms with Gasteiger partial charge in [0.2, 0.25) is 0 Å². The van der Waals surface area contributed by atoms with Crippen LogP contribution in [0.3, 0.4) is 0 Å². The molecule has 0 unspecified atom stereocenters.